The Hall–Kier alpha value is -3.46. The summed E-state index contributed by atoms with van der Waals surface area (Å²) in [5.74, 6) is -0.282. The standard InChI is InChI=1S/C20H19N3O3/c1-15-7-9-18(13-16(15)2)22(12-4-11-21)20(24)10-8-17-5-3-6-19(14-17)23(25)26/h3,5-10,13-14H,4,12H2,1-2H3/b10-8+. The van der Waals surface area contributed by atoms with Gasteiger partial charge in [0.05, 0.1) is 17.4 Å². The summed E-state index contributed by atoms with van der Waals surface area (Å²) in [7, 11) is 0. The van der Waals surface area contributed by atoms with Crippen LogP contribution in [0.25, 0.3) is 6.08 Å². The summed E-state index contributed by atoms with van der Waals surface area (Å²) >= 11 is 0. The van der Waals surface area contributed by atoms with Crippen LogP contribution in [0.1, 0.15) is 23.1 Å². The van der Waals surface area contributed by atoms with Gasteiger partial charge in [0.25, 0.3) is 11.6 Å². The molecule has 0 aliphatic rings. The highest BCUT2D eigenvalue weighted by Gasteiger charge is 2.14. The molecule has 0 aromatic heterocycles. The fourth-order valence-electron chi connectivity index (χ4n) is 2.42. The van der Waals surface area contributed by atoms with Gasteiger partial charge in [-0.3, -0.25) is 14.9 Å². The molecule has 1 amide bonds. The Labute approximate surface area is 152 Å². The van der Waals surface area contributed by atoms with E-state index in [1.54, 1.807) is 12.1 Å². The highest BCUT2D eigenvalue weighted by atomic mass is 16.6. The van der Waals surface area contributed by atoms with E-state index in [9.17, 15) is 14.9 Å². The molecule has 2 rings (SSSR count). The van der Waals surface area contributed by atoms with E-state index in [4.69, 9.17) is 5.26 Å². The van der Waals surface area contributed by atoms with E-state index >= 15 is 0 Å². The van der Waals surface area contributed by atoms with Gasteiger partial charge in [0.1, 0.15) is 0 Å². The van der Waals surface area contributed by atoms with Crippen molar-refractivity contribution in [3.8, 4) is 6.07 Å². The summed E-state index contributed by atoms with van der Waals surface area (Å²) in [5, 5.41) is 19.7. The maximum atomic E-state index is 12.6. The molecule has 0 saturated carbocycles. The molecule has 0 bridgehead atoms. The first-order valence-corrected chi connectivity index (χ1v) is 8.10. The minimum atomic E-state index is -0.479. The highest BCUT2D eigenvalue weighted by molar-refractivity contribution is 6.04. The van der Waals surface area contributed by atoms with Gasteiger partial charge in [0, 0.05) is 30.4 Å². The van der Waals surface area contributed by atoms with Crippen LogP contribution in [0.5, 0.6) is 0 Å². The van der Waals surface area contributed by atoms with Crippen molar-refractivity contribution >= 4 is 23.4 Å². The lowest BCUT2D eigenvalue weighted by Gasteiger charge is -2.21. The zero-order chi connectivity index (χ0) is 19.1. The number of nitriles is 1. The molecule has 2 aromatic carbocycles. The van der Waals surface area contributed by atoms with Crippen LogP contribution in [0.4, 0.5) is 11.4 Å². The second kappa shape index (κ2) is 8.58. The predicted molar refractivity (Wildman–Crippen MR) is 101 cm³/mol. The number of carbonyl (C=O) groups is 1. The molecule has 132 valence electrons. The summed E-state index contributed by atoms with van der Waals surface area (Å²) < 4.78 is 0. The van der Waals surface area contributed by atoms with Crippen LogP contribution >= 0.6 is 0 Å². The zero-order valence-corrected chi connectivity index (χ0v) is 14.7. The molecule has 2 aromatic rings. The molecule has 0 radical (unpaired) electrons. The fraction of sp³-hybridized carbons (Fsp3) is 0.200. The van der Waals surface area contributed by atoms with E-state index in [0.717, 1.165) is 16.8 Å². The number of hydrogen-bond acceptors (Lipinski definition) is 4. The zero-order valence-electron chi connectivity index (χ0n) is 14.7. The fourth-order valence-corrected chi connectivity index (χ4v) is 2.42. The lowest BCUT2D eigenvalue weighted by Crippen LogP contribution is -2.30. The summed E-state index contributed by atoms with van der Waals surface area (Å²) in [4.78, 5) is 24.5. The van der Waals surface area contributed by atoms with Crippen molar-refractivity contribution in [1.82, 2.24) is 0 Å². The van der Waals surface area contributed by atoms with Crippen LogP contribution in [0.2, 0.25) is 0 Å². The summed E-state index contributed by atoms with van der Waals surface area (Å²) in [6, 6.07) is 13.8. The average molecular weight is 349 g/mol. The lowest BCUT2D eigenvalue weighted by molar-refractivity contribution is -0.384. The third kappa shape index (κ3) is 4.77. The number of anilines is 1. The smallest absolute Gasteiger partial charge is 0.270 e. The Morgan fingerprint density at radius 1 is 1.23 bits per heavy atom. The van der Waals surface area contributed by atoms with Crippen LogP contribution in [0.3, 0.4) is 0 Å². The molecule has 0 atom stereocenters. The van der Waals surface area contributed by atoms with Crippen molar-refractivity contribution in [3.63, 3.8) is 0 Å². The second-order valence-electron chi connectivity index (χ2n) is 5.85. The Kier molecular flexibility index (Phi) is 6.23. The number of nitrogens with zero attached hydrogens (tertiary/aromatic N) is 3. The van der Waals surface area contributed by atoms with Crippen molar-refractivity contribution in [3.05, 3.63) is 75.3 Å². The number of nitro groups is 1. The summed E-state index contributed by atoms with van der Waals surface area (Å²) in [6.45, 7) is 4.23. The quantitative estimate of drug-likeness (QED) is 0.445. The molecular formula is C20H19N3O3. The number of benzene rings is 2. The Morgan fingerprint density at radius 2 is 2.00 bits per heavy atom. The maximum absolute atomic E-state index is 12.6. The maximum Gasteiger partial charge on any atom is 0.270 e. The van der Waals surface area contributed by atoms with E-state index in [1.165, 1.54) is 29.2 Å². The van der Waals surface area contributed by atoms with Crippen molar-refractivity contribution in [2.75, 3.05) is 11.4 Å². The minimum absolute atomic E-state index is 0.0323. The van der Waals surface area contributed by atoms with Gasteiger partial charge in [-0.2, -0.15) is 5.26 Å². The molecule has 26 heavy (non-hydrogen) atoms. The molecule has 0 unspecified atom stereocenters. The van der Waals surface area contributed by atoms with Gasteiger partial charge in [0.15, 0.2) is 0 Å². The number of amides is 1. The monoisotopic (exact) mass is 349 g/mol. The number of rotatable bonds is 6. The van der Waals surface area contributed by atoms with Crippen molar-refractivity contribution in [2.24, 2.45) is 0 Å². The van der Waals surface area contributed by atoms with Crippen molar-refractivity contribution in [2.45, 2.75) is 20.3 Å². The predicted octanol–water partition coefficient (Wildman–Crippen LogP) is 4.17. The van der Waals surface area contributed by atoms with Crippen LogP contribution in [-0.2, 0) is 4.79 Å². The minimum Gasteiger partial charge on any atom is -0.308 e. The van der Waals surface area contributed by atoms with Gasteiger partial charge < -0.3 is 4.90 Å². The largest absolute Gasteiger partial charge is 0.308 e. The molecule has 0 heterocycles. The Balaban J connectivity index is 2.26. The Morgan fingerprint density at radius 3 is 2.65 bits per heavy atom. The highest BCUT2D eigenvalue weighted by Crippen LogP contribution is 2.20. The third-order valence-corrected chi connectivity index (χ3v) is 4.01. The van der Waals surface area contributed by atoms with Gasteiger partial charge in [-0.05, 0) is 48.7 Å². The molecule has 6 heteroatoms. The lowest BCUT2D eigenvalue weighted by atomic mass is 10.1. The number of aryl methyl sites for hydroxylation is 2. The van der Waals surface area contributed by atoms with Crippen LogP contribution in [0, 0.1) is 35.3 Å². The van der Waals surface area contributed by atoms with Gasteiger partial charge in [-0.25, -0.2) is 0 Å². The van der Waals surface area contributed by atoms with Crippen LogP contribution < -0.4 is 4.90 Å². The third-order valence-electron chi connectivity index (χ3n) is 4.01. The van der Waals surface area contributed by atoms with E-state index in [2.05, 4.69) is 0 Å². The molecule has 0 aliphatic carbocycles. The first kappa shape index (κ1) is 18.9. The van der Waals surface area contributed by atoms with Crippen LogP contribution in [0.15, 0.2) is 48.5 Å². The van der Waals surface area contributed by atoms with E-state index < -0.39 is 4.92 Å². The molecule has 0 fully saturated rings. The molecule has 0 spiro atoms. The van der Waals surface area contributed by atoms with Gasteiger partial charge in [-0.1, -0.05) is 18.2 Å². The molecule has 0 aliphatic heterocycles. The summed E-state index contributed by atoms with van der Waals surface area (Å²) in [6.07, 6.45) is 3.12. The van der Waals surface area contributed by atoms with Gasteiger partial charge >= 0.3 is 0 Å². The normalized spacial score (nSPS) is 10.5. The first-order chi connectivity index (χ1) is 12.4. The summed E-state index contributed by atoms with van der Waals surface area (Å²) in [5.41, 5.74) is 3.42. The van der Waals surface area contributed by atoms with E-state index in [1.807, 2.05) is 38.1 Å². The second-order valence-corrected chi connectivity index (χ2v) is 5.85. The van der Waals surface area contributed by atoms with Gasteiger partial charge in [0.2, 0.25) is 0 Å². The molecule has 6 nitrogen and oxygen atoms in total. The van der Waals surface area contributed by atoms with Gasteiger partial charge in [-0.15, -0.1) is 0 Å². The average Bonchev–Trinajstić information content (AvgIpc) is 2.63. The number of non-ortho nitro benzene ring substituents is 1. The molecule has 0 saturated heterocycles. The van der Waals surface area contributed by atoms with Crippen LogP contribution in [-0.4, -0.2) is 17.4 Å². The number of nitro benzene ring substituents is 1. The number of hydrogen-bond donors (Lipinski definition) is 0. The topological polar surface area (TPSA) is 87.2 Å². The SMILES string of the molecule is Cc1ccc(N(CCC#N)C(=O)/C=C/c2cccc([N+](=O)[O-])c2)cc1C. The van der Waals surface area contributed by atoms with E-state index in [-0.39, 0.29) is 24.6 Å². The molecular weight excluding hydrogens is 330 g/mol. The Bertz CT molecular complexity index is 897. The first-order valence-electron chi connectivity index (χ1n) is 8.10. The molecule has 0 N–H and O–H groups in total. The number of carbonyl (C=O) groups excluding carboxylic acids is 1. The van der Waals surface area contributed by atoms with Crippen molar-refractivity contribution in [1.29, 1.82) is 5.26 Å². The van der Waals surface area contributed by atoms with Crippen molar-refractivity contribution < 1.29 is 9.72 Å². The van der Waals surface area contributed by atoms with E-state index in [0.29, 0.717) is 5.56 Å².